The smallest absolute Gasteiger partial charge is 0.300 e. The molecule has 0 amide bonds. The van der Waals surface area contributed by atoms with Crippen LogP contribution in [0.2, 0.25) is 0 Å². The first-order valence-electron chi connectivity index (χ1n) is 9.70. The minimum absolute atomic E-state index is 0.0346. The Bertz CT molecular complexity index is 950. The number of benzene rings is 1. The SMILES string of the molecule is O=C1CCCC(C(=O)C[C@@H](c2ccc(C(F)(F)F)cc2)c2ncccc2C(F)(F)F)C1. The molecule has 2 aromatic rings. The summed E-state index contributed by atoms with van der Waals surface area (Å²) in [5, 5.41) is 0. The lowest BCUT2D eigenvalue weighted by molar-refractivity contribution is -0.139. The lowest BCUT2D eigenvalue weighted by atomic mass is 9.79. The Kier molecular flexibility index (Phi) is 6.52. The summed E-state index contributed by atoms with van der Waals surface area (Å²) in [6.45, 7) is 0. The van der Waals surface area contributed by atoms with Gasteiger partial charge in [-0.3, -0.25) is 14.6 Å². The van der Waals surface area contributed by atoms with Crippen molar-refractivity contribution in [1.82, 2.24) is 4.98 Å². The molecule has 3 rings (SSSR count). The highest BCUT2D eigenvalue weighted by molar-refractivity contribution is 5.89. The van der Waals surface area contributed by atoms with Gasteiger partial charge in [0, 0.05) is 37.3 Å². The van der Waals surface area contributed by atoms with Gasteiger partial charge in [-0.25, -0.2) is 0 Å². The predicted octanol–water partition coefficient (Wildman–Crippen LogP) is 5.97. The summed E-state index contributed by atoms with van der Waals surface area (Å²) in [6, 6.07) is 5.62. The summed E-state index contributed by atoms with van der Waals surface area (Å²) in [6.07, 6.45) is -7.21. The summed E-state index contributed by atoms with van der Waals surface area (Å²) in [5.41, 5.74) is -2.30. The van der Waals surface area contributed by atoms with E-state index in [0.29, 0.717) is 19.3 Å². The maximum atomic E-state index is 13.6. The van der Waals surface area contributed by atoms with Crippen molar-refractivity contribution in [3.05, 3.63) is 65.0 Å². The number of ketones is 2. The van der Waals surface area contributed by atoms with Crippen LogP contribution in [-0.4, -0.2) is 16.6 Å². The Morgan fingerprint density at radius 3 is 2.29 bits per heavy atom. The van der Waals surface area contributed by atoms with Gasteiger partial charge in [-0.2, -0.15) is 26.3 Å². The molecule has 1 saturated carbocycles. The zero-order valence-corrected chi connectivity index (χ0v) is 16.3. The van der Waals surface area contributed by atoms with E-state index in [4.69, 9.17) is 0 Å². The molecule has 1 fully saturated rings. The zero-order valence-electron chi connectivity index (χ0n) is 16.3. The van der Waals surface area contributed by atoms with Crippen molar-refractivity contribution < 1.29 is 35.9 Å². The topological polar surface area (TPSA) is 47.0 Å². The minimum Gasteiger partial charge on any atom is -0.300 e. The van der Waals surface area contributed by atoms with Gasteiger partial charge < -0.3 is 0 Å². The highest BCUT2D eigenvalue weighted by Gasteiger charge is 2.38. The molecule has 9 heteroatoms. The minimum atomic E-state index is -4.75. The molecule has 1 heterocycles. The van der Waals surface area contributed by atoms with Crippen molar-refractivity contribution in [2.24, 2.45) is 5.92 Å². The standard InChI is InChI=1S/C22H19F6NO2/c23-21(24,25)15-8-6-13(7-9-15)17(12-19(31)14-3-1-4-16(30)11-14)20-18(22(26,27)28)5-2-10-29-20/h2,5-10,14,17H,1,3-4,11-12H2/t14?,17-/m0/s1. The van der Waals surface area contributed by atoms with E-state index >= 15 is 0 Å². The summed E-state index contributed by atoms with van der Waals surface area (Å²) in [4.78, 5) is 28.4. The van der Waals surface area contributed by atoms with E-state index in [1.165, 1.54) is 0 Å². The number of carbonyl (C=O) groups excluding carboxylic acids is 2. The molecule has 166 valence electrons. The molecule has 1 aliphatic carbocycles. The van der Waals surface area contributed by atoms with Crippen LogP contribution in [0.15, 0.2) is 42.6 Å². The highest BCUT2D eigenvalue weighted by atomic mass is 19.4. The molecule has 0 N–H and O–H groups in total. The molecule has 1 aromatic heterocycles. The molecule has 0 aliphatic heterocycles. The van der Waals surface area contributed by atoms with Crippen molar-refractivity contribution >= 4 is 11.6 Å². The molecule has 1 unspecified atom stereocenters. The number of nitrogens with zero attached hydrogens (tertiary/aromatic N) is 1. The molecule has 0 bridgehead atoms. The number of Topliss-reactive ketones (excluding diaryl/α,β-unsaturated/α-hetero) is 2. The number of carbonyl (C=O) groups is 2. The monoisotopic (exact) mass is 443 g/mol. The van der Waals surface area contributed by atoms with Gasteiger partial charge in [-0.05, 0) is 42.7 Å². The second-order valence-corrected chi connectivity index (χ2v) is 7.61. The number of rotatable bonds is 5. The van der Waals surface area contributed by atoms with Gasteiger partial charge in [-0.15, -0.1) is 0 Å². The fourth-order valence-electron chi connectivity index (χ4n) is 3.88. The van der Waals surface area contributed by atoms with Crippen LogP contribution in [0.5, 0.6) is 0 Å². The van der Waals surface area contributed by atoms with E-state index in [2.05, 4.69) is 4.98 Å². The number of alkyl halides is 6. The van der Waals surface area contributed by atoms with Gasteiger partial charge in [0.2, 0.25) is 0 Å². The maximum Gasteiger partial charge on any atom is 0.418 e. The van der Waals surface area contributed by atoms with Crippen LogP contribution in [0.4, 0.5) is 26.3 Å². The first-order chi connectivity index (χ1) is 14.5. The number of aromatic nitrogens is 1. The number of halogens is 6. The van der Waals surface area contributed by atoms with Crippen molar-refractivity contribution in [3.8, 4) is 0 Å². The summed E-state index contributed by atoms with van der Waals surface area (Å²) < 4.78 is 79.4. The van der Waals surface area contributed by atoms with E-state index in [0.717, 1.165) is 42.6 Å². The third-order valence-electron chi connectivity index (χ3n) is 5.46. The molecule has 0 radical (unpaired) electrons. The van der Waals surface area contributed by atoms with Crippen LogP contribution in [0.1, 0.15) is 60.4 Å². The third-order valence-corrected chi connectivity index (χ3v) is 5.46. The second kappa shape index (κ2) is 8.80. The highest BCUT2D eigenvalue weighted by Crippen LogP contribution is 2.39. The molecule has 3 nitrogen and oxygen atoms in total. The Morgan fingerprint density at radius 1 is 1.03 bits per heavy atom. The lowest BCUT2D eigenvalue weighted by Crippen LogP contribution is -2.25. The largest absolute Gasteiger partial charge is 0.418 e. The lowest BCUT2D eigenvalue weighted by Gasteiger charge is -2.24. The van der Waals surface area contributed by atoms with Crippen LogP contribution in [0.25, 0.3) is 0 Å². The summed E-state index contributed by atoms with van der Waals surface area (Å²) in [7, 11) is 0. The van der Waals surface area contributed by atoms with Crippen LogP contribution in [0, 0.1) is 5.92 Å². The fraction of sp³-hybridized carbons (Fsp3) is 0.409. The van der Waals surface area contributed by atoms with Gasteiger partial charge in [0.15, 0.2) is 0 Å². The van der Waals surface area contributed by atoms with Gasteiger partial charge in [0.1, 0.15) is 11.6 Å². The first kappa shape index (κ1) is 23.0. The molecular formula is C22H19F6NO2. The van der Waals surface area contributed by atoms with Crippen LogP contribution in [0.3, 0.4) is 0 Å². The summed E-state index contributed by atoms with van der Waals surface area (Å²) in [5.74, 6) is -2.26. The molecular weight excluding hydrogens is 424 g/mol. The normalized spacial score (nSPS) is 18.6. The van der Waals surface area contributed by atoms with Crippen molar-refractivity contribution in [2.45, 2.75) is 50.4 Å². The maximum absolute atomic E-state index is 13.6. The van der Waals surface area contributed by atoms with E-state index in [9.17, 15) is 35.9 Å². The number of hydrogen-bond acceptors (Lipinski definition) is 3. The Hall–Kier alpha value is -2.71. The predicted molar refractivity (Wildman–Crippen MR) is 99.1 cm³/mol. The fourth-order valence-corrected chi connectivity index (χ4v) is 3.88. The van der Waals surface area contributed by atoms with E-state index in [1.807, 2.05) is 0 Å². The quantitative estimate of drug-likeness (QED) is 0.535. The number of pyridine rings is 1. The van der Waals surface area contributed by atoms with E-state index < -0.39 is 46.8 Å². The average Bonchev–Trinajstić information content (AvgIpc) is 2.71. The summed E-state index contributed by atoms with van der Waals surface area (Å²) >= 11 is 0. The van der Waals surface area contributed by atoms with Crippen LogP contribution in [-0.2, 0) is 21.9 Å². The Balaban J connectivity index is 2.01. The van der Waals surface area contributed by atoms with Crippen molar-refractivity contribution in [3.63, 3.8) is 0 Å². The van der Waals surface area contributed by atoms with Gasteiger partial charge in [-0.1, -0.05) is 12.1 Å². The zero-order chi connectivity index (χ0) is 22.8. The van der Waals surface area contributed by atoms with Crippen molar-refractivity contribution in [1.29, 1.82) is 0 Å². The molecule has 2 atom stereocenters. The van der Waals surface area contributed by atoms with Crippen molar-refractivity contribution in [2.75, 3.05) is 0 Å². The molecule has 1 aromatic carbocycles. The molecule has 0 saturated heterocycles. The number of hydrogen-bond donors (Lipinski definition) is 0. The van der Waals surface area contributed by atoms with Gasteiger partial charge in [0.25, 0.3) is 0 Å². The van der Waals surface area contributed by atoms with Crippen LogP contribution < -0.4 is 0 Å². The Morgan fingerprint density at radius 2 is 1.71 bits per heavy atom. The average molecular weight is 443 g/mol. The van der Waals surface area contributed by atoms with Crippen LogP contribution >= 0.6 is 0 Å². The molecule has 0 spiro atoms. The van der Waals surface area contributed by atoms with E-state index in [-0.39, 0.29) is 24.2 Å². The van der Waals surface area contributed by atoms with Gasteiger partial charge in [0.05, 0.1) is 16.8 Å². The van der Waals surface area contributed by atoms with Gasteiger partial charge >= 0.3 is 12.4 Å². The molecule has 1 aliphatic rings. The third kappa shape index (κ3) is 5.51. The molecule has 31 heavy (non-hydrogen) atoms. The Labute approximate surface area is 174 Å². The second-order valence-electron chi connectivity index (χ2n) is 7.61. The first-order valence-corrected chi connectivity index (χ1v) is 9.70. The van der Waals surface area contributed by atoms with E-state index in [1.54, 1.807) is 0 Å².